The van der Waals surface area contributed by atoms with Crippen molar-refractivity contribution in [2.75, 3.05) is 20.2 Å². The zero-order valence-corrected chi connectivity index (χ0v) is 11.9. The second kappa shape index (κ2) is 6.58. The van der Waals surface area contributed by atoms with Crippen molar-refractivity contribution in [3.63, 3.8) is 0 Å². The fourth-order valence-corrected chi connectivity index (χ4v) is 2.43. The van der Waals surface area contributed by atoms with Crippen molar-refractivity contribution < 1.29 is 4.74 Å². The maximum absolute atomic E-state index is 9.01. The molecule has 1 aliphatic rings. The lowest BCUT2D eigenvalue weighted by atomic mass is 10.1. The minimum absolute atomic E-state index is 0.707. The number of benzene rings is 1. The molecule has 1 saturated carbocycles. The quantitative estimate of drug-likeness (QED) is 0.753. The Bertz CT molecular complexity index is 460. The third-order valence-corrected chi connectivity index (χ3v) is 3.56. The summed E-state index contributed by atoms with van der Waals surface area (Å²) in [4.78, 5) is 2.48. The van der Waals surface area contributed by atoms with Crippen LogP contribution in [0.1, 0.15) is 37.3 Å². The molecule has 0 amide bonds. The Balaban J connectivity index is 2.11. The van der Waals surface area contributed by atoms with Gasteiger partial charge < -0.3 is 4.74 Å². The molecule has 0 heterocycles. The number of methoxy groups -OCH3 is 1. The van der Waals surface area contributed by atoms with Crippen LogP contribution < -0.4 is 4.74 Å². The predicted molar refractivity (Wildman–Crippen MR) is 76.0 cm³/mol. The smallest absolute Gasteiger partial charge is 0.123 e. The SMILES string of the molecule is CCCN(Cc1cc(C#N)ccc1OC)CC1CC1. The summed E-state index contributed by atoms with van der Waals surface area (Å²) in [6, 6.07) is 7.87. The highest BCUT2D eigenvalue weighted by molar-refractivity contribution is 5.42. The topological polar surface area (TPSA) is 36.3 Å². The molecule has 19 heavy (non-hydrogen) atoms. The van der Waals surface area contributed by atoms with E-state index in [2.05, 4.69) is 17.9 Å². The van der Waals surface area contributed by atoms with Crippen LogP contribution in [0.4, 0.5) is 0 Å². The summed E-state index contributed by atoms with van der Waals surface area (Å²) in [5, 5.41) is 9.01. The average molecular weight is 258 g/mol. The Kier molecular flexibility index (Phi) is 4.81. The van der Waals surface area contributed by atoms with Crippen LogP contribution in [0.5, 0.6) is 5.75 Å². The molecular formula is C16H22N2O. The van der Waals surface area contributed by atoms with Gasteiger partial charge in [-0.05, 0) is 49.9 Å². The van der Waals surface area contributed by atoms with Gasteiger partial charge in [-0.2, -0.15) is 5.26 Å². The molecule has 0 radical (unpaired) electrons. The number of nitriles is 1. The highest BCUT2D eigenvalue weighted by Gasteiger charge is 2.24. The fraction of sp³-hybridized carbons (Fsp3) is 0.562. The van der Waals surface area contributed by atoms with E-state index in [4.69, 9.17) is 10.00 Å². The van der Waals surface area contributed by atoms with E-state index in [-0.39, 0.29) is 0 Å². The molecule has 0 aliphatic heterocycles. The monoisotopic (exact) mass is 258 g/mol. The first-order chi connectivity index (χ1) is 9.26. The maximum Gasteiger partial charge on any atom is 0.123 e. The van der Waals surface area contributed by atoms with E-state index in [0.717, 1.165) is 36.7 Å². The van der Waals surface area contributed by atoms with E-state index in [1.807, 2.05) is 18.2 Å². The van der Waals surface area contributed by atoms with Gasteiger partial charge in [-0.1, -0.05) is 6.92 Å². The third kappa shape index (κ3) is 3.97. The number of rotatable bonds is 7. The summed E-state index contributed by atoms with van der Waals surface area (Å²) < 4.78 is 5.41. The van der Waals surface area contributed by atoms with Crippen LogP contribution in [0.15, 0.2) is 18.2 Å². The van der Waals surface area contributed by atoms with Crippen LogP contribution in [-0.4, -0.2) is 25.1 Å². The molecule has 3 nitrogen and oxygen atoms in total. The van der Waals surface area contributed by atoms with E-state index in [1.54, 1.807) is 7.11 Å². The van der Waals surface area contributed by atoms with Gasteiger partial charge in [0.2, 0.25) is 0 Å². The second-order valence-corrected chi connectivity index (χ2v) is 5.32. The van der Waals surface area contributed by atoms with E-state index in [0.29, 0.717) is 5.56 Å². The van der Waals surface area contributed by atoms with E-state index in [9.17, 15) is 0 Å². The molecule has 1 aliphatic carbocycles. The molecule has 1 aromatic carbocycles. The Morgan fingerprint density at radius 3 is 2.79 bits per heavy atom. The third-order valence-electron chi connectivity index (χ3n) is 3.56. The van der Waals surface area contributed by atoms with Gasteiger partial charge in [0.05, 0.1) is 18.7 Å². The zero-order chi connectivity index (χ0) is 13.7. The number of hydrogen-bond acceptors (Lipinski definition) is 3. The molecule has 0 spiro atoms. The maximum atomic E-state index is 9.01. The van der Waals surface area contributed by atoms with Gasteiger partial charge in [-0.15, -0.1) is 0 Å². The first-order valence-electron chi connectivity index (χ1n) is 7.06. The highest BCUT2D eigenvalue weighted by Crippen LogP contribution is 2.31. The summed E-state index contributed by atoms with van der Waals surface area (Å²) in [6.45, 7) is 5.37. The molecule has 0 bridgehead atoms. The molecule has 0 aromatic heterocycles. The van der Waals surface area contributed by atoms with Gasteiger partial charge in [0.15, 0.2) is 0 Å². The average Bonchev–Trinajstić information content (AvgIpc) is 3.23. The molecule has 0 atom stereocenters. The van der Waals surface area contributed by atoms with Gasteiger partial charge in [-0.25, -0.2) is 0 Å². The molecule has 2 rings (SSSR count). The molecule has 102 valence electrons. The summed E-state index contributed by atoms with van der Waals surface area (Å²) in [7, 11) is 1.69. The van der Waals surface area contributed by atoms with Crippen molar-refractivity contribution in [2.24, 2.45) is 5.92 Å². The van der Waals surface area contributed by atoms with Crippen LogP contribution >= 0.6 is 0 Å². The van der Waals surface area contributed by atoms with Crippen LogP contribution in [0.25, 0.3) is 0 Å². The first kappa shape index (κ1) is 13.9. The Labute approximate surface area is 115 Å². The largest absolute Gasteiger partial charge is 0.496 e. The first-order valence-corrected chi connectivity index (χ1v) is 7.06. The fourth-order valence-electron chi connectivity index (χ4n) is 2.43. The van der Waals surface area contributed by atoms with Crippen LogP contribution in [-0.2, 0) is 6.54 Å². The normalized spacial score (nSPS) is 14.4. The summed E-state index contributed by atoms with van der Waals surface area (Å²) in [6.07, 6.45) is 3.90. The van der Waals surface area contributed by atoms with Crippen molar-refractivity contribution in [3.8, 4) is 11.8 Å². The van der Waals surface area contributed by atoms with Gasteiger partial charge in [0.1, 0.15) is 5.75 Å². The molecule has 1 fully saturated rings. The Morgan fingerprint density at radius 2 is 2.21 bits per heavy atom. The predicted octanol–water partition coefficient (Wildman–Crippen LogP) is 3.19. The molecule has 3 heteroatoms. The number of nitrogens with zero attached hydrogens (tertiary/aromatic N) is 2. The van der Waals surface area contributed by atoms with Crippen LogP contribution in [0, 0.1) is 17.2 Å². The van der Waals surface area contributed by atoms with Crippen molar-refractivity contribution in [2.45, 2.75) is 32.7 Å². The lowest BCUT2D eigenvalue weighted by molar-refractivity contribution is 0.251. The lowest BCUT2D eigenvalue weighted by Gasteiger charge is -2.22. The van der Waals surface area contributed by atoms with Gasteiger partial charge in [-0.3, -0.25) is 4.90 Å². The molecular weight excluding hydrogens is 236 g/mol. The van der Waals surface area contributed by atoms with E-state index >= 15 is 0 Å². The van der Waals surface area contributed by atoms with Crippen LogP contribution in [0.3, 0.4) is 0 Å². The van der Waals surface area contributed by atoms with Crippen molar-refractivity contribution >= 4 is 0 Å². The molecule has 0 unspecified atom stereocenters. The number of ether oxygens (including phenoxy) is 1. The van der Waals surface area contributed by atoms with E-state index in [1.165, 1.54) is 19.4 Å². The van der Waals surface area contributed by atoms with Gasteiger partial charge in [0.25, 0.3) is 0 Å². The lowest BCUT2D eigenvalue weighted by Crippen LogP contribution is -2.26. The summed E-state index contributed by atoms with van der Waals surface area (Å²) >= 11 is 0. The minimum atomic E-state index is 0.707. The Hall–Kier alpha value is -1.53. The molecule has 0 N–H and O–H groups in total. The van der Waals surface area contributed by atoms with Gasteiger partial charge in [0, 0.05) is 18.7 Å². The zero-order valence-electron chi connectivity index (χ0n) is 11.9. The minimum Gasteiger partial charge on any atom is -0.496 e. The summed E-state index contributed by atoms with van der Waals surface area (Å²) in [5.41, 5.74) is 1.83. The van der Waals surface area contributed by atoms with Crippen LogP contribution in [0.2, 0.25) is 0 Å². The summed E-state index contributed by atoms with van der Waals surface area (Å²) in [5.74, 6) is 1.77. The van der Waals surface area contributed by atoms with E-state index < -0.39 is 0 Å². The molecule has 1 aromatic rings. The van der Waals surface area contributed by atoms with Crippen molar-refractivity contribution in [1.29, 1.82) is 5.26 Å². The van der Waals surface area contributed by atoms with Crippen molar-refractivity contribution in [1.82, 2.24) is 4.90 Å². The highest BCUT2D eigenvalue weighted by atomic mass is 16.5. The van der Waals surface area contributed by atoms with Crippen molar-refractivity contribution in [3.05, 3.63) is 29.3 Å². The number of hydrogen-bond donors (Lipinski definition) is 0. The second-order valence-electron chi connectivity index (χ2n) is 5.32. The standard InChI is InChI=1S/C16H22N2O/c1-3-8-18(11-13-4-5-13)12-15-9-14(10-17)6-7-16(15)19-2/h6-7,9,13H,3-5,8,11-12H2,1-2H3. The Morgan fingerprint density at radius 1 is 1.42 bits per heavy atom. The van der Waals surface area contributed by atoms with Gasteiger partial charge >= 0.3 is 0 Å². The molecule has 0 saturated heterocycles.